The van der Waals surface area contributed by atoms with Gasteiger partial charge in [-0.1, -0.05) is 25.4 Å². The predicted octanol–water partition coefficient (Wildman–Crippen LogP) is 2.38. The molecule has 0 saturated carbocycles. The molecule has 0 bridgehead atoms. The summed E-state index contributed by atoms with van der Waals surface area (Å²) >= 11 is 5.99. The van der Waals surface area contributed by atoms with Gasteiger partial charge in [0.1, 0.15) is 5.02 Å². The Bertz CT molecular complexity index is 373. The van der Waals surface area contributed by atoms with Crippen LogP contribution in [0.2, 0.25) is 5.02 Å². The summed E-state index contributed by atoms with van der Waals surface area (Å²) in [5, 5.41) is 16.3. The maximum Gasteiger partial charge on any atom is 0.224 e. The van der Waals surface area contributed by atoms with Crippen molar-refractivity contribution in [3.63, 3.8) is 0 Å². The highest BCUT2D eigenvalue weighted by Crippen LogP contribution is 2.19. The summed E-state index contributed by atoms with van der Waals surface area (Å²) in [6.07, 6.45) is 1.89. The summed E-state index contributed by atoms with van der Waals surface area (Å²) in [6, 6.07) is 0. The molecule has 0 fully saturated rings. The highest BCUT2D eigenvalue weighted by atomic mass is 35.5. The molecule has 0 aromatic carbocycles. The number of nitrogens with zero attached hydrogens (tertiary/aromatic N) is 2. The summed E-state index contributed by atoms with van der Waals surface area (Å²) in [5.74, 6) is 1.54. The highest BCUT2D eigenvalue weighted by Gasteiger charge is 2.09. The number of aliphatic hydroxyl groups is 1. The van der Waals surface area contributed by atoms with Crippen LogP contribution < -0.4 is 10.6 Å². The molecule has 5 nitrogen and oxygen atoms in total. The fourth-order valence-electron chi connectivity index (χ4n) is 1.58. The van der Waals surface area contributed by atoms with Crippen LogP contribution in [-0.2, 0) is 0 Å². The number of hydrogen-bond acceptors (Lipinski definition) is 5. The van der Waals surface area contributed by atoms with Crippen LogP contribution in [0.5, 0.6) is 0 Å². The van der Waals surface area contributed by atoms with Crippen LogP contribution in [0.25, 0.3) is 0 Å². The molecule has 0 radical (unpaired) electrons. The molecular formula is C12H21ClN4O. The Morgan fingerprint density at radius 3 is 2.72 bits per heavy atom. The molecule has 102 valence electrons. The van der Waals surface area contributed by atoms with E-state index in [0.717, 1.165) is 13.0 Å². The van der Waals surface area contributed by atoms with Crippen LogP contribution >= 0.6 is 11.6 Å². The average molecular weight is 273 g/mol. The molecule has 0 saturated heterocycles. The zero-order valence-corrected chi connectivity index (χ0v) is 11.8. The molecular weight excluding hydrogens is 252 g/mol. The van der Waals surface area contributed by atoms with Gasteiger partial charge in [0.05, 0.1) is 12.3 Å². The topological polar surface area (TPSA) is 70.1 Å². The fraction of sp³-hybridized carbons (Fsp3) is 0.667. The third kappa shape index (κ3) is 5.06. The third-order valence-corrected chi connectivity index (χ3v) is 2.60. The SMILES string of the molecule is CCNc1ncc(Cl)c(NCC(O)CC(C)C)n1. The Kier molecular flexibility index (Phi) is 6.15. The number of anilines is 2. The first-order valence-corrected chi connectivity index (χ1v) is 6.59. The van der Waals surface area contributed by atoms with Crippen molar-refractivity contribution in [3.8, 4) is 0 Å². The van der Waals surface area contributed by atoms with E-state index in [1.807, 2.05) is 6.92 Å². The molecule has 1 unspecified atom stereocenters. The van der Waals surface area contributed by atoms with Crippen LogP contribution in [0.15, 0.2) is 6.20 Å². The highest BCUT2D eigenvalue weighted by molar-refractivity contribution is 6.32. The third-order valence-electron chi connectivity index (χ3n) is 2.33. The lowest BCUT2D eigenvalue weighted by atomic mass is 10.1. The number of halogens is 1. The molecule has 1 aromatic heterocycles. The quantitative estimate of drug-likeness (QED) is 0.711. The summed E-state index contributed by atoms with van der Waals surface area (Å²) in [5.41, 5.74) is 0. The first-order chi connectivity index (χ1) is 8.52. The number of hydrogen-bond donors (Lipinski definition) is 3. The van der Waals surface area contributed by atoms with E-state index in [2.05, 4.69) is 34.4 Å². The second-order valence-corrected chi connectivity index (χ2v) is 4.99. The molecule has 1 heterocycles. The number of aromatic nitrogens is 2. The van der Waals surface area contributed by atoms with Gasteiger partial charge < -0.3 is 15.7 Å². The van der Waals surface area contributed by atoms with Gasteiger partial charge in [-0.3, -0.25) is 0 Å². The first-order valence-electron chi connectivity index (χ1n) is 6.21. The molecule has 0 aliphatic heterocycles. The summed E-state index contributed by atoms with van der Waals surface area (Å²) in [6.45, 7) is 7.29. The molecule has 0 aliphatic rings. The van der Waals surface area contributed by atoms with E-state index in [1.54, 1.807) is 6.20 Å². The van der Waals surface area contributed by atoms with E-state index >= 15 is 0 Å². The Morgan fingerprint density at radius 2 is 2.11 bits per heavy atom. The van der Waals surface area contributed by atoms with Crippen molar-refractivity contribution in [2.45, 2.75) is 33.3 Å². The molecule has 0 amide bonds. The molecule has 1 rings (SSSR count). The lowest BCUT2D eigenvalue weighted by Gasteiger charge is -2.15. The number of rotatable bonds is 7. The molecule has 18 heavy (non-hydrogen) atoms. The minimum atomic E-state index is -0.404. The predicted molar refractivity (Wildman–Crippen MR) is 75.2 cm³/mol. The second-order valence-electron chi connectivity index (χ2n) is 4.58. The molecule has 1 aromatic rings. The average Bonchev–Trinajstić information content (AvgIpc) is 2.29. The molecule has 6 heteroatoms. The van der Waals surface area contributed by atoms with Gasteiger partial charge in [0.25, 0.3) is 0 Å². The lowest BCUT2D eigenvalue weighted by molar-refractivity contribution is 0.161. The Morgan fingerprint density at radius 1 is 1.39 bits per heavy atom. The van der Waals surface area contributed by atoms with Crippen molar-refractivity contribution in [3.05, 3.63) is 11.2 Å². The Balaban J connectivity index is 2.57. The van der Waals surface area contributed by atoms with E-state index in [-0.39, 0.29) is 0 Å². The van der Waals surface area contributed by atoms with Crippen molar-refractivity contribution < 1.29 is 5.11 Å². The number of aliphatic hydroxyl groups excluding tert-OH is 1. The maximum atomic E-state index is 9.78. The Hall–Kier alpha value is -1.07. The van der Waals surface area contributed by atoms with Crippen molar-refractivity contribution in [2.75, 3.05) is 23.7 Å². The molecule has 0 spiro atoms. The van der Waals surface area contributed by atoms with Crippen molar-refractivity contribution in [2.24, 2.45) is 5.92 Å². The number of nitrogens with one attached hydrogen (secondary N) is 2. The van der Waals surface area contributed by atoms with Crippen molar-refractivity contribution >= 4 is 23.4 Å². The lowest BCUT2D eigenvalue weighted by Crippen LogP contribution is -2.22. The minimum Gasteiger partial charge on any atom is -0.391 e. The van der Waals surface area contributed by atoms with Gasteiger partial charge >= 0.3 is 0 Å². The van der Waals surface area contributed by atoms with Crippen molar-refractivity contribution in [1.29, 1.82) is 0 Å². The van der Waals surface area contributed by atoms with Crippen LogP contribution in [0.3, 0.4) is 0 Å². The second kappa shape index (κ2) is 7.38. The van der Waals surface area contributed by atoms with E-state index < -0.39 is 6.10 Å². The van der Waals surface area contributed by atoms with Gasteiger partial charge in [-0.2, -0.15) is 4.98 Å². The molecule has 0 aliphatic carbocycles. The molecule has 3 N–H and O–H groups in total. The van der Waals surface area contributed by atoms with Crippen LogP contribution in [0, 0.1) is 5.92 Å². The summed E-state index contributed by atoms with van der Waals surface area (Å²) < 4.78 is 0. The first kappa shape index (κ1) is 15.0. The Labute approximate surface area is 113 Å². The van der Waals surface area contributed by atoms with Gasteiger partial charge in [0.2, 0.25) is 5.95 Å². The smallest absolute Gasteiger partial charge is 0.224 e. The normalized spacial score (nSPS) is 12.6. The van der Waals surface area contributed by atoms with E-state index in [0.29, 0.717) is 29.3 Å². The van der Waals surface area contributed by atoms with Crippen LogP contribution in [0.4, 0.5) is 11.8 Å². The van der Waals surface area contributed by atoms with Crippen LogP contribution in [-0.4, -0.2) is 34.3 Å². The summed E-state index contributed by atoms with van der Waals surface area (Å²) in [4.78, 5) is 8.28. The van der Waals surface area contributed by atoms with Gasteiger partial charge in [-0.05, 0) is 19.3 Å². The van der Waals surface area contributed by atoms with Gasteiger partial charge in [0, 0.05) is 13.1 Å². The summed E-state index contributed by atoms with van der Waals surface area (Å²) in [7, 11) is 0. The minimum absolute atomic E-state index is 0.404. The zero-order valence-electron chi connectivity index (χ0n) is 11.1. The van der Waals surface area contributed by atoms with E-state index in [4.69, 9.17) is 11.6 Å². The zero-order chi connectivity index (χ0) is 13.5. The molecule has 1 atom stereocenters. The van der Waals surface area contributed by atoms with Gasteiger partial charge in [-0.25, -0.2) is 4.98 Å². The standard InChI is InChI=1S/C12H21ClN4O/c1-4-14-12-16-7-10(13)11(17-12)15-6-9(18)5-8(2)3/h7-9,18H,4-6H2,1-3H3,(H2,14,15,16,17). The van der Waals surface area contributed by atoms with E-state index in [9.17, 15) is 5.11 Å². The van der Waals surface area contributed by atoms with Gasteiger partial charge in [-0.15, -0.1) is 0 Å². The van der Waals surface area contributed by atoms with Crippen LogP contribution in [0.1, 0.15) is 27.2 Å². The largest absolute Gasteiger partial charge is 0.391 e. The van der Waals surface area contributed by atoms with E-state index in [1.165, 1.54) is 0 Å². The maximum absolute atomic E-state index is 9.78. The monoisotopic (exact) mass is 272 g/mol. The fourth-order valence-corrected chi connectivity index (χ4v) is 1.73. The van der Waals surface area contributed by atoms with Gasteiger partial charge in [0.15, 0.2) is 5.82 Å². The van der Waals surface area contributed by atoms with Crippen molar-refractivity contribution in [1.82, 2.24) is 9.97 Å².